The van der Waals surface area contributed by atoms with E-state index in [4.69, 9.17) is 14.6 Å². The molecule has 1 aromatic rings. The molecular weight excluding hydrogens is 239 g/mol. The zero-order valence-electron chi connectivity index (χ0n) is 10.1. The summed E-state index contributed by atoms with van der Waals surface area (Å²) in [5.41, 5.74) is 0.708. The fraction of sp³-hybridized carbons (Fsp3) is 0.462. The fourth-order valence-electron chi connectivity index (χ4n) is 1.76. The molecule has 1 unspecified atom stereocenters. The summed E-state index contributed by atoms with van der Waals surface area (Å²) in [5.74, 6) is -1.10. The quantitative estimate of drug-likeness (QED) is 0.790. The minimum Gasteiger partial charge on any atom is -0.490 e. The van der Waals surface area contributed by atoms with Gasteiger partial charge in [0.25, 0.3) is 0 Å². The van der Waals surface area contributed by atoms with Crippen LogP contribution in [0.25, 0.3) is 0 Å². The van der Waals surface area contributed by atoms with Crippen LogP contribution < -0.4 is 4.74 Å². The van der Waals surface area contributed by atoms with Gasteiger partial charge >= 0.3 is 5.97 Å². The van der Waals surface area contributed by atoms with Crippen molar-refractivity contribution in [3.8, 4) is 5.75 Å². The molecule has 4 nitrogen and oxygen atoms in total. The first-order chi connectivity index (χ1) is 8.56. The number of benzene rings is 1. The van der Waals surface area contributed by atoms with Crippen LogP contribution in [0.4, 0.5) is 4.39 Å². The van der Waals surface area contributed by atoms with Crippen LogP contribution in [0.1, 0.15) is 24.8 Å². The monoisotopic (exact) mass is 254 g/mol. The van der Waals surface area contributed by atoms with Crippen LogP contribution in [0.15, 0.2) is 18.2 Å². The third-order valence-electron chi connectivity index (χ3n) is 2.81. The molecule has 0 amide bonds. The van der Waals surface area contributed by atoms with Crippen LogP contribution in [0.5, 0.6) is 5.75 Å². The number of ether oxygens (including phenoxy) is 2. The fourth-order valence-corrected chi connectivity index (χ4v) is 1.76. The SMILES string of the molecule is CC(CC(=O)O)c1ccc(F)cc1OC[C@@H]1CO1. The van der Waals surface area contributed by atoms with Crippen molar-refractivity contribution in [2.45, 2.75) is 25.4 Å². The van der Waals surface area contributed by atoms with E-state index in [0.29, 0.717) is 24.5 Å². The van der Waals surface area contributed by atoms with Crippen molar-refractivity contribution in [2.24, 2.45) is 0 Å². The normalized spacial score (nSPS) is 19.3. The lowest BCUT2D eigenvalue weighted by Gasteiger charge is -2.15. The predicted molar refractivity (Wildman–Crippen MR) is 62.3 cm³/mol. The molecule has 1 aliphatic heterocycles. The number of hydrogen-bond acceptors (Lipinski definition) is 3. The maximum atomic E-state index is 13.2. The average Bonchev–Trinajstić information content (AvgIpc) is 3.09. The van der Waals surface area contributed by atoms with E-state index in [9.17, 15) is 9.18 Å². The van der Waals surface area contributed by atoms with Crippen molar-refractivity contribution < 1.29 is 23.8 Å². The predicted octanol–water partition coefficient (Wildman–Crippen LogP) is 2.18. The van der Waals surface area contributed by atoms with Gasteiger partial charge in [-0.25, -0.2) is 4.39 Å². The molecule has 18 heavy (non-hydrogen) atoms. The average molecular weight is 254 g/mol. The number of rotatable bonds is 6. The molecule has 0 spiro atoms. The van der Waals surface area contributed by atoms with Crippen LogP contribution in [0, 0.1) is 5.82 Å². The highest BCUT2D eigenvalue weighted by molar-refractivity contribution is 5.68. The lowest BCUT2D eigenvalue weighted by atomic mass is 9.97. The summed E-state index contributed by atoms with van der Waals surface area (Å²) in [6.45, 7) is 2.81. The van der Waals surface area contributed by atoms with Gasteiger partial charge in [-0.2, -0.15) is 0 Å². The summed E-state index contributed by atoms with van der Waals surface area (Å²) in [6, 6.07) is 4.18. The summed E-state index contributed by atoms with van der Waals surface area (Å²) in [7, 11) is 0. The van der Waals surface area contributed by atoms with Gasteiger partial charge in [0.2, 0.25) is 0 Å². The Hall–Kier alpha value is -1.62. The summed E-state index contributed by atoms with van der Waals surface area (Å²) in [6.07, 6.45) is 0.0676. The number of hydrogen-bond donors (Lipinski definition) is 1. The molecule has 0 aromatic heterocycles. The lowest BCUT2D eigenvalue weighted by molar-refractivity contribution is -0.137. The largest absolute Gasteiger partial charge is 0.490 e. The first-order valence-corrected chi connectivity index (χ1v) is 5.82. The molecule has 0 saturated carbocycles. The maximum Gasteiger partial charge on any atom is 0.303 e. The Morgan fingerprint density at radius 2 is 2.39 bits per heavy atom. The van der Waals surface area contributed by atoms with Gasteiger partial charge in [0.1, 0.15) is 24.3 Å². The summed E-state index contributed by atoms with van der Waals surface area (Å²) in [5, 5.41) is 8.78. The topological polar surface area (TPSA) is 59.1 Å². The van der Waals surface area contributed by atoms with Crippen molar-refractivity contribution in [3.63, 3.8) is 0 Å². The second-order valence-electron chi connectivity index (χ2n) is 4.45. The van der Waals surface area contributed by atoms with Crippen LogP contribution >= 0.6 is 0 Å². The van der Waals surface area contributed by atoms with Crippen LogP contribution in [0.2, 0.25) is 0 Å². The molecular formula is C13H15FO4. The lowest BCUT2D eigenvalue weighted by Crippen LogP contribution is -2.09. The number of carbonyl (C=O) groups is 1. The molecule has 98 valence electrons. The van der Waals surface area contributed by atoms with Crippen molar-refractivity contribution in [1.29, 1.82) is 0 Å². The molecule has 2 rings (SSSR count). The number of epoxide rings is 1. The van der Waals surface area contributed by atoms with Gasteiger partial charge in [0, 0.05) is 6.07 Å². The Bertz CT molecular complexity index is 443. The van der Waals surface area contributed by atoms with Gasteiger partial charge in [-0.1, -0.05) is 13.0 Å². The van der Waals surface area contributed by atoms with E-state index in [1.165, 1.54) is 12.1 Å². The number of aliphatic carboxylic acids is 1. The molecule has 0 aliphatic carbocycles. The molecule has 5 heteroatoms. The van der Waals surface area contributed by atoms with Crippen LogP contribution in [-0.4, -0.2) is 30.4 Å². The Kier molecular flexibility index (Phi) is 3.81. The highest BCUT2D eigenvalue weighted by atomic mass is 19.1. The molecule has 1 fully saturated rings. The minimum atomic E-state index is -0.886. The number of carboxylic acid groups (broad SMARTS) is 1. The van der Waals surface area contributed by atoms with E-state index in [-0.39, 0.29) is 18.4 Å². The molecule has 1 heterocycles. The van der Waals surface area contributed by atoms with Gasteiger partial charge < -0.3 is 14.6 Å². The molecule has 1 aliphatic rings. The van der Waals surface area contributed by atoms with E-state index in [2.05, 4.69) is 0 Å². The highest BCUT2D eigenvalue weighted by Crippen LogP contribution is 2.30. The molecule has 0 radical (unpaired) electrons. The van der Waals surface area contributed by atoms with E-state index < -0.39 is 11.8 Å². The highest BCUT2D eigenvalue weighted by Gasteiger charge is 2.24. The van der Waals surface area contributed by atoms with E-state index in [1.54, 1.807) is 13.0 Å². The van der Waals surface area contributed by atoms with E-state index in [1.807, 2.05) is 0 Å². The molecule has 1 N–H and O–H groups in total. The first kappa shape index (κ1) is 12.8. The van der Waals surface area contributed by atoms with E-state index >= 15 is 0 Å². The zero-order valence-corrected chi connectivity index (χ0v) is 10.1. The Balaban J connectivity index is 2.12. The summed E-state index contributed by atoms with van der Waals surface area (Å²) >= 11 is 0. The van der Waals surface area contributed by atoms with Crippen LogP contribution in [-0.2, 0) is 9.53 Å². The number of halogens is 1. The van der Waals surface area contributed by atoms with Crippen molar-refractivity contribution in [2.75, 3.05) is 13.2 Å². The zero-order chi connectivity index (χ0) is 13.1. The Labute approximate surface area is 104 Å². The van der Waals surface area contributed by atoms with Gasteiger partial charge in [0.05, 0.1) is 13.0 Å². The summed E-state index contributed by atoms with van der Waals surface area (Å²) in [4.78, 5) is 10.7. The maximum absolute atomic E-state index is 13.2. The second-order valence-corrected chi connectivity index (χ2v) is 4.45. The van der Waals surface area contributed by atoms with Crippen molar-refractivity contribution in [3.05, 3.63) is 29.6 Å². The third-order valence-corrected chi connectivity index (χ3v) is 2.81. The minimum absolute atomic E-state index is 0.0120. The van der Waals surface area contributed by atoms with Gasteiger partial charge in [0.15, 0.2) is 0 Å². The van der Waals surface area contributed by atoms with Crippen LogP contribution in [0.3, 0.4) is 0 Å². The number of carboxylic acids is 1. The molecule has 0 bridgehead atoms. The Morgan fingerprint density at radius 1 is 1.67 bits per heavy atom. The smallest absolute Gasteiger partial charge is 0.303 e. The second kappa shape index (κ2) is 5.35. The van der Waals surface area contributed by atoms with Crippen molar-refractivity contribution >= 4 is 5.97 Å². The summed E-state index contributed by atoms with van der Waals surface area (Å²) < 4.78 is 23.7. The van der Waals surface area contributed by atoms with Crippen molar-refractivity contribution in [1.82, 2.24) is 0 Å². The van der Waals surface area contributed by atoms with E-state index in [0.717, 1.165) is 0 Å². The van der Waals surface area contributed by atoms with Gasteiger partial charge in [-0.15, -0.1) is 0 Å². The van der Waals surface area contributed by atoms with Gasteiger partial charge in [-0.3, -0.25) is 4.79 Å². The molecule has 2 atom stereocenters. The molecule has 1 aromatic carbocycles. The van der Waals surface area contributed by atoms with Gasteiger partial charge in [-0.05, 0) is 17.5 Å². The first-order valence-electron chi connectivity index (χ1n) is 5.82. The third kappa shape index (κ3) is 3.43. The molecule has 1 saturated heterocycles. The standard InChI is InChI=1S/C13H15FO4/c1-8(4-13(15)16)11-3-2-9(14)5-12(11)18-7-10-6-17-10/h2-3,5,8,10H,4,6-7H2,1H3,(H,15,16)/t8?,10-/m0/s1. The Morgan fingerprint density at radius 3 is 3.00 bits per heavy atom.